The first-order valence-electron chi connectivity index (χ1n) is 6.24. The summed E-state index contributed by atoms with van der Waals surface area (Å²) in [5.41, 5.74) is 1.07. The second-order valence-electron chi connectivity index (χ2n) is 4.73. The van der Waals surface area contributed by atoms with Crippen LogP contribution in [0.1, 0.15) is 18.5 Å². The Kier molecular flexibility index (Phi) is 2.76. The Morgan fingerprint density at radius 3 is 2.53 bits per heavy atom. The van der Waals surface area contributed by atoms with E-state index in [0.717, 1.165) is 50.7 Å². The lowest BCUT2D eigenvalue weighted by Crippen LogP contribution is -2.45. The average molecular weight is 234 g/mol. The minimum Gasteiger partial charge on any atom is -0.356 e. The molecule has 1 aromatic heterocycles. The van der Waals surface area contributed by atoms with Gasteiger partial charge in [0.15, 0.2) is 5.79 Å². The molecule has 3 rings (SSSR count). The van der Waals surface area contributed by atoms with Crippen LogP contribution >= 0.6 is 0 Å². The van der Waals surface area contributed by atoms with E-state index in [4.69, 9.17) is 9.47 Å². The van der Waals surface area contributed by atoms with E-state index in [-0.39, 0.29) is 5.79 Å². The molecule has 0 N–H and O–H groups in total. The van der Waals surface area contributed by atoms with Gasteiger partial charge in [0.2, 0.25) is 0 Å². The van der Waals surface area contributed by atoms with Gasteiger partial charge < -0.3 is 14.4 Å². The van der Waals surface area contributed by atoms with Gasteiger partial charge in [0, 0.05) is 31.6 Å². The van der Waals surface area contributed by atoms with Crippen molar-refractivity contribution in [3.8, 4) is 0 Å². The van der Waals surface area contributed by atoms with E-state index in [1.165, 1.54) is 0 Å². The zero-order valence-corrected chi connectivity index (χ0v) is 10.2. The number of ether oxygens (including phenoxy) is 2. The normalized spacial score (nSPS) is 23.2. The SMILES string of the molecule is Cc1cccc(N2CCC3(CC2)OCCO3)n1. The van der Waals surface area contributed by atoms with Gasteiger partial charge in [-0.15, -0.1) is 0 Å². The molecule has 4 heteroatoms. The Labute approximate surface area is 102 Å². The van der Waals surface area contributed by atoms with E-state index < -0.39 is 0 Å². The first-order chi connectivity index (χ1) is 8.27. The molecule has 92 valence electrons. The third-order valence-corrected chi connectivity index (χ3v) is 3.54. The van der Waals surface area contributed by atoms with Crippen molar-refractivity contribution in [2.45, 2.75) is 25.6 Å². The molecule has 2 fully saturated rings. The summed E-state index contributed by atoms with van der Waals surface area (Å²) in [5.74, 6) is 0.776. The van der Waals surface area contributed by atoms with Crippen molar-refractivity contribution in [3.63, 3.8) is 0 Å². The van der Waals surface area contributed by atoms with Gasteiger partial charge in [0.25, 0.3) is 0 Å². The molecule has 1 aromatic rings. The van der Waals surface area contributed by atoms with Crippen molar-refractivity contribution in [1.82, 2.24) is 4.98 Å². The number of aromatic nitrogens is 1. The topological polar surface area (TPSA) is 34.6 Å². The smallest absolute Gasteiger partial charge is 0.171 e. The summed E-state index contributed by atoms with van der Waals surface area (Å²) in [6.07, 6.45) is 1.87. The van der Waals surface area contributed by atoms with Gasteiger partial charge in [-0.3, -0.25) is 0 Å². The molecule has 4 nitrogen and oxygen atoms in total. The second kappa shape index (κ2) is 4.27. The molecule has 2 aliphatic heterocycles. The van der Waals surface area contributed by atoms with Crippen LogP contribution in [0.25, 0.3) is 0 Å². The Bertz CT molecular complexity index is 392. The van der Waals surface area contributed by atoms with Crippen molar-refractivity contribution in [1.29, 1.82) is 0 Å². The Morgan fingerprint density at radius 2 is 1.88 bits per heavy atom. The number of rotatable bonds is 1. The van der Waals surface area contributed by atoms with Crippen LogP contribution in [0.2, 0.25) is 0 Å². The van der Waals surface area contributed by atoms with Gasteiger partial charge in [0.05, 0.1) is 13.2 Å². The molecular formula is C13H18N2O2. The van der Waals surface area contributed by atoms with Crippen LogP contribution in [0.15, 0.2) is 18.2 Å². The minimum atomic E-state index is -0.291. The highest BCUT2D eigenvalue weighted by molar-refractivity contribution is 5.39. The third kappa shape index (κ3) is 2.15. The molecule has 17 heavy (non-hydrogen) atoms. The number of hydrogen-bond donors (Lipinski definition) is 0. The molecule has 0 unspecified atom stereocenters. The van der Waals surface area contributed by atoms with Crippen LogP contribution in [-0.4, -0.2) is 37.1 Å². The van der Waals surface area contributed by atoms with Gasteiger partial charge in [0.1, 0.15) is 5.82 Å². The Hall–Kier alpha value is -1.13. The number of anilines is 1. The zero-order valence-electron chi connectivity index (χ0n) is 10.2. The lowest BCUT2D eigenvalue weighted by Gasteiger charge is -2.38. The number of hydrogen-bond acceptors (Lipinski definition) is 4. The van der Waals surface area contributed by atoms with Crippen molar-refractivity contribution < 1.29 is 9.47 Å². The summed E-state index contributed by atoms with van der Waals surface area (Å²) in [6.45, 7) is 5.41. The molecular weight excluding hydrogens is 216 g/mol. The number of piperidine rings is 1. The van der Waals surface area contributed by atoms with Crippen molar-refractivity contribution in [2.24, 2.45) is 0 Å². The van der Waals surface area contributed by atoms with E-state index in [9.17, 15) is 0 Å². The van der Waals surface area contributed by atoms with Gasteiger partial charge >= 0.3 is 0 Å². The fourth-order valence-corrected chi connectivity index (χ4v) is 2.57. The quantitative estimate of drug-likeness (QED) is 0.741. The maximum Gasteiger partial charge on any atom is 0.171 e. The number of aryl methyl sites for hydroxylation is 1. The lowest BCUT2D eigenvalue weighted by atomic mass is 10.0. The molecule has 0 bridgehead atoms. The maximum absolute atomic E-state index is 5.72. The van der Waals surface area contributed by atoms with E-state index in [1.807, 2.05) is 13.0 Å². The highest BCUT2D eigenvalue weighted by Crippen LogP contribution is 2.32. The van der Waals surface area contributed by atoms with E-state index in [2.05, 4.69) is 22.0 Å². The highest BCUT2D eigenvalue weighted by Gasteiger charge is 2.39. The molecule has 0 amide bonds. The Balaban J connectivity index is 1.68. The molecule has 0 aromatic carbocycles. The van der Waals surface area contributed by atoms with Gasteiger partial charge in [-0.1, -0.05) is 6.07 Å². The van der Waals surface area contributed by atoms with Gasteiger partial charge in [-0.05, 0) is 19.1 Å². The largest absolute Gasteiger partial charge is 0.356 e. The summed E-state index contributed by atoms with van der Waals surface area (Å²) < 4.78 is 11.4. The first-order valence-corrected chi connectivity index (χ1v) is 6.24. The monoisotopic (exact) mass is 234 g/mol. The highest BCUT2D eigenvalue weighted by atomic mass is 16.7. The summed E-state index contributed by atoms with van der Waals surface area (Å²) in [4.78, 5) is 6.87. The van der Waals surface area contributed by atoms with E-state index in [1.54, 1.807) is 0 Å². The molecule has 2 saturated heterocycles. The standard InChI is InChI=1S/C13H18N2O2/c1-11-3-2-4-12(14-11)15-7-5-13(6-8-15)16-9-10-17-13/h2-4H,5-10H2,1H3. The third-order valence-electron chi connectivity index (χ3n) is 3.54. The van der Waals surface area contributed by atoms with E-state index >= 15 is 0 Å². The fourth-order valence-electron chi connectivity index (χ4n) is 2.57. The zero-order chi connectivity index (χ0) is 11.7. The lowest BCUT2D eigenvalue weighted by molar-refractivity contribution is -0.169. The second-order valence-corrected chi connectivity index (χ2v) is 4.73. The van der Waals surface area contributed by atoms with Gasteiger partial charge in [-0.25, -0.2) is 4.98 Å². The number of nitrogens with zero attached hydrogens (tertiary/aromatic N) is 2. The summed E-state index contributed by atoms with van der Waals surface area (Å²) in [7, 11) is 0. The average Bonchev–Trinajstić information content (AvgIpc) is 2.79. The van der Waals surface area contributed by atoms with Crippen LogP contribution in [0.5, 0.6) is 0 Å². The molecule has 0 atom stereocenters. The molecule has 0 saturated carbocycles. The Morgan fingerprint density at radius 1 is 1.18 bits per heavy atom. The minimum absolute atomic E-state index is 0.291. The summed E-state index contributed by atoms with van der Waals surface area (Å²) >= 11 is 0. The molecule has 1 spiro atoms. The molecule has 3 heterocycles. The predicted molar refractivity (Wildman–Crippen MR) is 65.1 cm³/mol. The molecule has 2 aliphatic rings. The van der Waals surface area contributed by atoms with E-state index in [0.29, 0.717) is 0 Å². The van der Waals surface area contributed by atoms with Crippen LogP contribution in [-0.2, 0) is 9.47 Å². The van der Waals surface area contributed by atoms with Crippen LogP contribution in [0, 0.1) is 6.92 Å². The fraction of sp³-hybridized carbons (Fsp3) is 0.615. The van der Waals surface area contributed by atoms with Crippen LogP contribution in [0.4, 0.5) is 5.82 Å². The molecule has 0 aliphatic carbocycles. The summed E-state index contributed by atoms with van der Waals surface area (Å²) in [6, 6.07) is 6.16. The number of pyridine rings is 1. The van der Waals surface area contributed by atoms with Crippen molar-refractivity contribution >= 4 is 5.82 Å². The molecule has 0 radical (unpaired) electrons. The van der Waals surface area contributed by atoms with Crippen molar-refractivity contribution in [2.75, 3.05) is 31.2 Å². The van der Waals surface area contributed by atoms with Crippen LogP contribution < -0.4 is 4.90 Å². The van der Waals surface area contributed by atoms with Crippen molar-refractivity contribution in [3.05, 3.63) is 23.9 Å². The maximum atomic E-state index is 5.72. The van der Waals surface area contributed by atoms with Gasteiger partial charge in [-0.2, -0.15) is 0 Å². The summed E-state index contributed by atoms with van der Waals surface area (Å²) in [5, 5.41) is 0. The first kappa shape index (κ1) is 11.0. The predicted octanol–water partition coefficient (Wildman–Crippen LogP) is 1.73. The van der Waals surface area contributed by atoms with Crippen LogP contribution in [0.3, 0.4) is 0 Å².